The van der Waals surface area contributed by atoms with Crippen LogP contribution in [0.15, 0.2) is 0 Å². The normalized spacial score (nSPS) is 41.7. The zero-order chi connectivity index (χ0) is 12.6. The standard InChI is InChI=1S/C15H27NO2/c1-3-17-14-9-13(15(14)6-4-7-15)16-10-12-5-8-18-11(12)2/h11-14,16H,3-10H2,1-2H3. The summed E-state index contributed by atoms with van der Waals surface area (Å²) in [6.45, 7) is 7.27. The Morgan fingerprint density at radius 2 is 2.22 bits per heavy atom. The van der Waals surface area contributed by atoms with Crippen LogP contribution in [-0.2, 0) is 9.47 Å². The molecule has 3 fully saturated rings. The molecular formula is C15H27NO2. The Morgan fingerprint density at radius 1 is 1.39 bits per heavy atom. The van der Waals surface area contributed by atoms with Crippen LogP contribution in [0, 0.1) is 11.3 Å². The number of ether oxygens (including phenoxy) is 2. The monoisotopic (exact) mass is 253 g/mol. The third kappa shape index (κ3) is 2.00. The summed E-state index contributed by atoms with van der Waals surface area (Å²) in [7, 11) is 0. The minimum atomic E-state index is 0.442. The van der Waals surface area contributed by atoms with Gasteiger partial charge in [0.05, 0.1) is 12.2 Å². The van der Waals surface area contributed by atoms with Crippen LogP contribution in [0.4, 0.5) is 0 Å². The lowest BCUT2D eigenvalue weighted by Gasteiger charge is -2.61. The lowest BCUT2D eigenvalue weighted by atomic mass is 9.51. The molecule has 1 spiro atoms. The van der Waals surface area contributed by atoms with Crippen molar-refractivity contribution in [1.29, 1.82) is 0 Å². The molecule has 0 aromatic rings. The largest absolute Gasteiger partial charge is 0.378 e. The van der Waals surface area contributed by atoms with Gasteiger partial charge in [0.25, 0.3) is 0 Å². The molecule has 0 aromatic heterocycles. The van der Waals surface area contributed by atoms with Crippen molar-refractivity contribution in [3.8, 4) is 0 Å². The van der Waals surface area contributed by atoms with Crippen molar-refractivity contribution in [1.82, 2.24) is 5.32 Å². The quantitative estimate of drug-likeness (QED) is 0.816. The molecule has 3 nitrogen and oxygen atoms in total. The smallest absolute Gasteiger partial charge is 0.0661 e. The zero-order valence-corrected chi connectivity index (χ0v) is 11.8. The highest BCUT2D eigenvalue weighted by Gasteiger charge is 2.58. The predicted molar refractivity (Wildman–Crippen MR) is 71.6 cm³/mol. The van der Waals surface area contributed by atoms with E-state index in [2.05, 4.69) is 19.2 Å². The van der Waals surface area contributed by atoms with E-state index in [1.54, 1.807) is 0 Å². The van der Waals surface area contributed by atoms with Gasteiger partial charge in [-0.05, 0) is 45.4 Å². The lowest BCUT2D eigenvalue weighted by molar-refractivity contribution is -0.173. The fourth-order valence-electron chi connectivity index (χ4n) is 4.06. The van der Waals surface area contributed by atoms with Gasteiger partial charge in [-0.1, -0.05) is 6.42 Å². The molecule has 2 saturated carbocycles. The van der Waals surface area contributed by atoms with E-state index < -0.39 is 0 Å². The van der Waals surface area contributed by atoms with Crippen molar-refractivity contribution >= 4 is 0 Å². The molecule has 0 bridgehead atoms. The second kappa shape index (κ2) is 5.10. The molecule has 1 heterocycles. The van der Waals surface area contributed by atoms with Crippen molar-refractivity contribution in [3.05, 3.63) is 0 Å². The van der Waals surface area contributed by atoms with Crippen molar-refractivity contribution in [2.45, 2.75) is 64.2 Å². The van der Waals surface area contributed by atoms with Crippen molar-refractivity contribution in [3.63, 3.8) is 0 Å². The summed E-state index contributed by atoms with van der Waals surface area (Å²) in [5.41, 5.74) is 0.499. The maximum atomic E-state index is 5.89. The Hall–Kier alpha value is -0.120. The van der Waals surface area contributed by atoms with Gasteiger partial charge in [-0.3, -0.25) is 0 Å². The molecule has 104 valence electrons. The summed E-state index contributed by atoms with van der Waals surface area (Å²) in [6, 6.07) is 0.704. The Labute approximate surface area is 111 Å². The second-order valence-corrected chi connectivity index (χ2v) is 6.35. The Morgan fingerprint density at radius 3 is 2.78 bits per heavy atom. The number of nitrogens with one attached hydrogen (secondary N) is 1. The van der Waals surface area contributed by atoms with E-state index in [0.717, 1.165) is 19.8 Å². The van der Waals surface area contributed by atoms with Crippen LogP contribution in [0.25, 0.3) is 0 Å². The Balaban J connectivity index is 1.49. The maximum Gasteiger partial charge on any atom is 0.0661 e. The number of rotatable bonds is 5. The van der Waals surface area contributed by atoms with Crippen molar-refractivity contribution < 1.29 is 9.47 Å². The van der Waals surface area contributed by atoms with Crippen molar-refractivity contribution in [2.75, 3.05) is 19.8 Å². The highest BCUT2D eigenvalue weighted by Crippen LogP contribution is 2.57. The van der Waals surface area contributed by atoms with Crippen LogP contribution < -0.4 is 5.32 Å². The molecule has 18 heavy (non-hydrogen) atoms. The molecule has 0 radical (unpaired) electrons. The van der Waals surface area contributed by atoms with E-state index in [4.69, 9.17) is 9.47 Å². The van der Waals surface area contributed by atoms with Gasteiger partial charge in [-0.15, -0.1) is 0 Å². The molecule has 1 saturated heterocycles. The SMILES string of the molecule is CCOC1CC(NCC2CCOC2C)C12CCC2. The van der Waals surface area contributed by atoms with Crippen LogP contribution in [0.2, 0.25) is 0 Å². The van der Waals surface area contributed by atoms with Gasteiger partial charge in [0.1, 0.15) is 0 Å². The maximum absolute atomic E-state index is 5.89. The molecule has 3 rings (SSSR count). The minimum Gasteiger partial charge on any atom is -0.378 e. The number of hydrogen-bond acceptors (Lipinski definition) is 3. The minimum absolute atomic E-state index is 0.442. The van der Waals surface area contributed by atoms with Crippen LogP contribution in [0.5, 0.6) is 0 Å². The van der Waals surface area contributed by atoms with E-state index in [0.29, 0.717) is 29.6 Å². The van der Waals surface area contributed by atoms with Gasteiger partial charge < -0.3 is 14.8 Å². The fourth-order valence-corrected chi connectivity index (χ4v) is 4.06. The van der Waals surface area contributed by atoms with Crippen LogP contribution >= 0.6 is 0 Å². The summed E-state index contributed by atoms with van der Waals surface area (Å²) in [5, 5.41) is 3.81. The van der Waals surface area contributed by atoms with E-state index in [-0.39, 0.29) is 0 Å². The van der Waals surface area contributed by atoms with Gasteiger partial charge >= 0.3 is 0 Å². The molecule has 1 N–H and O–H groups in total. The van der Waals surface area contributed by atoms with Gasteiger partial charge in [0.2, 0.25) is 0 Å². The zero-order valence-electron chi connectivity index (χ0n) is 11.8. The van der Waals surface area contributed by atoms with Crippen LogP contribution in [-0.4, -0.2) is 38.0 Å². The summed E-state index contributed by atoms with van der Waals surface area (Å²) >= 11 is 0. The Kier molecular flexibility index (Phi) is 3.65. The van der Waals surface area contributed by atoms with Crippen LogP contribution in [0.3, 0.4) is 0 Å². The molecule has 3 heteroatoms. The summed E-state index contributed by atoms with van der Waals surface area (Å²) in [4.78, 5) is 0. The molecular weight excluding hydrogens is 226 g/mol. The summed E-state index contributed by atoms with van der Waals surface area (Å²) < 4.78 is 11.5. The predicted octanol–water partition coefficient (Wildman–Crippen LogP) is 2.35. The fraction of sp³-hybridized carbons (Fsp3) is 1.00. The first-order valence-electron chi connectivity index (χ1n) is 7.73. The first-order valence-corrected chi connectivity index (χ1v) is 7.73. The topological polar surface area (TPSA) is 30.5 Å². The molecule has 2 aliphatic carbocycles. The van der Waals surface area contributed by atoms with E-state index in [9.17, 15) is 0 Å². The summed E-state index contributed by atoms with van der Waals surface area (Å²) in [6.07, 6.45) is 7.55. The number of hydrogen-bond donors (Lipinski definition) is 1. The van der Waals surface area contributed by atoms with E-state index in [1.165, 1.54) is 32.1 Å². The Bertz CT molecular complexity index is 290. The highest BCUT2D eigenvalue weighted by atomic mass is 16.5. The average Bonchev–Trinajstić information content (AvgIpc) is 2.66. The molecule has 3 aliphatic rings. The third-order valence-electron chi connectivity index (χ3n) is 5.60. The molecule has 0 amide bonds. The lowest BCUT2D eigenvalue weighted by Crippen LogP contribution is -2.67. The molecule has 4 atom stereocenters. The van der Waals surface area contributed by atoms with Crippen molar-refractivity contribution in [2.24, 2.45) is 11.3 Å². The van der Waals surface area contributed by atoms with E-state index in [1.807, 2.05) is 0 Å². The first-order chi connectivity index (χ1) is 8.76. The van der Waals surface area contributed by atoms with Gasteiger partial charge in [0.15, 0.2) is 0 Å². The first kappa shape index (κ1) is 12.9. The summed E-state index contributed by atoms with van der Waals surface area (Å²) in [5.74, 6) is 0.716. The molecule has 0 aromatic carbocycles. The van der Waals surface area contributed by atoms with Gasteiger partial charge in [0, 0.05) is 31.2 Å². The van der Waals surface area contributed by atoms with Gasteiger partial charge in [-0.25, -0.2) is 0 Å². The molecule has 4 unspecified atom stereocenters. The average molecular weight is 253 g/mol. The van der Waals surface area contributed by atoms with Gasteiger partial charge in [-0.2, -0.15) is 0 Å². The second-order valence-electron chi connectivity index (χ2n) is 6.35. The van der Waals surface area contributed by atoms with E-state index >= 15 is 0 Å². The van der Waals surface area contributed by atoms with Crippen LogP contribution in [0.1, 0.15) is 46.0 Å². The highest BCUT2D eigenvalue weighted by molar-refractivity contribution is 5.12. The third-order valence-corrected chi connectivity index (χ3v) is 5.60. The molecule has 1 aliphatic heterocycles.